The first kappa shape index (κ1) is 15.6. The Kier molecular flexibility index (Phi) is 4.63. The molecule has 0 atom stereocenters. The van der Waals surface area contributed by atoms with E-state index in [1.54, 1.807) is 12.1 Å². The number of hydrogen-bond donors (Lipinski definition) is 0. The SMILES string of the molecule is CC(C)c1cccc(OCc2noc(-c3cccc(Cl)c3)n2)c1. The van der Waals surface area contributed by atoms with Gasteiger partial charge in [-0.15, -0.1) is 0 Å². The van der Waals surface area contributed by atoms with Crippen LogP contribution in [-0.4, -0.2) is 10.1 Å². The summed E-state index contributed by atoms with van der Waals surface area (Å²) in [7, 11) is 0. The lowest BCUT2D eigenvalue weighted by molar-refractivity contribution is 0.286. The second-order valence-corrected chi connectivity index (χ2v) is 5.98. The first-order valence-corrected chi connectivity index (χ1v) is 7.81. The molecule has 0 saturated heterocycles. The molecule has 5 heteroatoms. The second kappa shape index (κ2) is 6.84. The molecule has 23 heavy (non-hydrogen) atoms. The summed E-state index contributed by atoms with van der Waals surface area (Å²) in [6.07, 6.45) is 0. The van der Waals surface area contributed by atoms with Gasteiger partial charge >= 0.3 is 0 Å². The van der Waals surface area contributed by atoms with E-state index in [1.165, 1.54) is 5.56 Å². The van der Waals surface area contributed by atoms with Crippen LogP contribution in [-0.2, 0) is 6.61 Å². The molecule has 4 nitrogen and oxygen atoms in total. The summed E-state index contributed by atoms with van der Waals surface area (Å²) < 4.78 is 11.0. The van der Waals surface area contributed by atoms with Crippen LogP contribution in [0, 0.1) is 0 Å². The Labute approximate surface area is 140 Å². The van der Waals surface area contributed by atoms with Crippen molar-refractivity contribution in [3.05, 3.63) is 64.9 Å². The van der Waals surface area contributed by atoms with E-state index in [-0.39, 0.29) is 6.61 Å². The Morgan fingerprint density at radius 2 is 1.96 bits per heavy atom. The Hall–Kier alpha value is -2.33. The maximum atomic E-state index is 5.97. The first-order chi connectivity index (χ1) is 11.1. The Bertz CT molecular complexity index is 799. The monoisotopic (exact) mass is 328 g/mol. The quantitative estimate of drug-likeness (QED) is 0.654. The van der Waals surface area contributed by atoms with Gasteiger partial charge in [-0.3, -0.25) is 0 Å². The van der Waals surface area contributed by atoms with E-state index in [0.29, 0.717) is 22.7 Å². The molecule has 0 aliphatic heterocycles. The Morgan fingerprint density at radius 1 is 1.13 bits per heavy atom. The molecule has 0 amide bonds. The smallest absolute Gasteiger partial charge is 0.258 e. The van der Waals surface area contributed by atoms with Crippen molar-refractivity contribution in [2.24, 2.45) is 0 Å². The van der Waals surface area contributed by atoms with Crippen molar-refractivity contribution in [1.82, 2.24) is 10.1 Å². The second-order valence-electron chi connectivity index (χ2n) is 5.54. The lowest BCUT2D eigenvalue weighted by Gasteiger charge is -2.08. The normalized spacial score (nSPS) is 11.0. The third-order valence-corrected chi connectivity index (χ3v) is 3.67. The zero-order valence-electron chi connectivity index (χ0n) is 13.0. The van der Waals surface area contributed by atoms with Gasteiger partial charge in [0.2, 0.25) is 5.82 Å². The van der Waals surface area contributed by atoms with Gasteiger partial charge in [0, 0.05) is 10.6 Å². The molecule has 0 saturated carbocycles. The highest BCUT2D eigenvalue weighted by atomic mass is 35.5. The summed E-state index contributed by atoms with van der Waals surface area (Å²) in [5.41, 5.74) is 2.02. The largest absolute Gasteiger partial charge is 0.485 e. The number of hydrogen-bond acceptors (Lipinski definition) is 4. The van der Waals surface area contributed by atoms with E-state index in [4.69, 9.17) is 20.9 Å². The Morgan fingerprint density at radius 3 is 2.74 bits per heavy atom. The zero-order valence-corrected chi connectivity index (χ0v) is 13.7. The van der Waals surface area contributed by atoms with Crippen LogP contribution < -0.4 is 4.74 Å². The molecule has 0 N–H and O–H groups in total. The Balaban J connectivity index is 1.69. The molecule has 0 aliphatic carbocycles. The highest BCUT2D eigenvalue weighted by molar-refractivity contribution is 6.30. The average Bonchev–Trinajstić information content (AvgIpc) is 3.02. The lowest BCUT2D eigenvalue weighted by Crippen LogP contribution is -1.98. The molecule has 0 radical (unpaired) electrons. The van der Waals surface area contributed by atoms with Crippen molar-refractivity contribution in [3.8, 4) is 17.2 Å². The molecule has 1 aromatic heterocycles. The van der Waals surface area contributed by atoms with Gasteiger partial charge < -0.3 is 9.26 Å². The van der Waals surface area contributed by atoms with Gasteiger partial charge in [0.05, 0.1) is 0 Å². The number of ether oxygens (including phenoxy) is 1. The van der Waals surface area contributed by atoms with Crippen LogP contribution in [0.1, 0.15) is 31.2 Å². The van der Waals surface area contributed by atoms with E-state index in [1.807, 2.05) is 30.3 Å². The van der Waals surface area contributed by atoms with Gasteiger partial charge in [-0.05, 0) is 41.8 Å². The summed E-state index contributed by atoms with van der Waals surface area (Å²) in [4.78, 5) is 4.33. The summed E-state index contributed by atoms with van der Waals surface area (Å²) in [5, 5.41) is 4.57. The van der Waals surface area contributed by atoms with E-state index in [2.05, 4.69) is 30.1 Å². The topological polar surface area (TPSA) is 48.2 Å². The molecular formula is C18H17ClN2O2. The molecular weight excluding hydrogens is 312 g/mol. The van der Waals surface area contributed by atoms with Crippen molar-refractivity contribution in [2.45, 2.75) is 26.4 Å². The van der Waals surface area contributed by atoms with Crippen molar-refractivity contribution in [3.63, 3.8) is 0 Å². The van der Waals surface area contributed by atoms with Gasteiger partial charge in [-0.1, -0.05) is 48.8 Å². The minimum atomic E-state index is 0.256. The van der Waals surface area contributed by atoms with Crippen molar-refractivity contribution >= 4 is 11.6 Å². The van der Waals surface area contributed by atoms with Gasteiger partial charge in [0.15, 0.2) is 6.61 Å². The minimum Gasteiger partial charge on any atom is -0.485 e. The van der Waals surface area contributed by atoms with Crippen molar-refractivity contribution < 1.29 is 9.26 Å². The zero-order chi connectivity index (χ0) is 16.2. The number of nitrogens with zero attached hydrogens (tertiary/aromatic N) is 2. The summed E-state index contributed by atoms with van der Waals surface area (Å²) in [6, 6.07) is 15.3. The van der Waals surface area contributed by atoms with Crippen molar-refractivity contribution in [2.75, 3.05) is 0 Å². The van der Waals surface area contributed by atoms with E-state index < -0.39 is 0 Å². The fraction of sp³-hybridized carbons (Fsp3) is 0.222. The van der Waals surface area contributed by atoms with Crippen LogP contribution in [0.5, 0.6) is 5.75 Å². The highest BCUT2D eigenvalue weighted by Crippen LogP contribution is 2.23. The van der Waals surface area contributed by atoms with E-state index >= 15 is 0 Å². The minimum absolute atomic E-state index is 0.256. The van der Waals surface area contributed by atoms with Crippen LogP contribution in [0.15, 0.2) is 53.1 Å². The molecule has 1 heterocycles. The molecule has 0 aliphatic rings. The summed E-state index contributed by atoms with van der Waals surface area (Å²) >= 11 is 5.97. The number of rotatable bonds is 5. The van der Waals surface area contributed by atoms with Gasteiger partial charge in [-0.25, -0.2) is 0 Å². The highest BCUT2D eigenvalue weighted by Gasteiger charge is 2.10. The third kappa shape index (κ3) is 3.90. The van der Waals surface area contributed by atoms with Crippen molar-refractivity contribution in [1.29, 1.82) is 0 Å². The van der Waals surface area contributed by atoms with Crippen LogP contribution in [0.4, 0.5) is 0 Å². The maximum Gasteiger partial charge on any atom is 0.258 e. The lowest BCUT2D eigenvalue weighted by atomic mass is 10.0. The first-order valence-electron chi connectivity index (χ1n) is 7.43. The van der Waals surface area contributed by atoms with Gasteiger partial charge in [0.1, 0.15) is 5.75 Å². The molecule has 3 aromatic rings. The van der Waals surface area contributed by atoms with Crippen LogP contribution in [0.3, 0.4) is 0 Å². The molecule has 0 spiro atoms. The fourth-order valence-electron chi connectivity index (χ4n) is 2.16. The molecule has 2 aromatic carbocycles. The molecule has 0 bridgehead atoms. The molecule has 118 valence electrons. The summed E-state index contributed by atoms with van der Waals surface area (Å²) in [5.74, 6) is 2.18. The van der Waals surface area contributed by atoms with Gasteiger partial charge in [-0.2, -0.15) is 4.98 Å². The van der Waals surface area contributed by atoms with Crippen LogP contribution in [0.2, 0.25) is 5.02 Å². The van der Waals surface area contributed by atoms with Crippen LogP contribution >= 0.6 is 11.6 Å². The standard InChI is InChI=1S/C18H17ClN2O2/c1-12(2)13-5-4-8-16(10-13)22-11-17-20-18(23-21-17)14-6-3-7-15(19)9-14/h3-10,12H,11H2,1-2H3. The molecule has 3 rings (SSSR count). The molecule has 0 unspecified atom stereocenters. The maximum absolute atomic E-state index is 5.97. The number of aromatic nitrogens is 2. The predicted octanol–water partition coefficient (Wildman–Crippen LogP) is 5.09. The van der Waals surface area contributed by atoms with E-state index in [9.17, 15) is 0 Å². The van der Waals surface area contributed by atoms with Gasteiger partial charge in [0.25, 0.3) is 5.89 Å². The molecule has 0 fully saturated rings. The van der Waals surface area contributed by atoms with Crippen LogP contribution in [0.25, 0.3) is 11.5 Å². The fourth-order valence-corrected chi connectivity index (χ4v) is 2.35. The van der Waals surface area contributed by atoms with E-state index in [0.717, 1.165) is 11.3 Å². The average molecular weight is 329 g/mol. The number of benzene rings is 2. The third-order valence-electron chi connectivity index (χ3n) is 3.43. The number of halogens is 1. The summed E-state index contributed by atoms with van der Waals surface area (Å²) in [6.45, 7) is 4.55. The predicted molar refractivity (Wildman–Crippen MR) is 89.6 cm³/mol.